The topological polar surface area (TPSA) is 45.5 Å². The van der Waals surface area contributed by atoms with Gasteiger partial charge >= 0.3 is 0 Å². The van der Waals surface area contributed by atoms with Crippen molar-refractivity contribution >= 4 is 17.7 Å². The van der Waals surface area contributed by atoms with Crippen molar-refractivity contribution < 1.29 is 0 Å². The average molecular weight is 344 g/mol. The lowest BCUT2D eigenvalue weighted by Crippen LogP contribution is -2.50. The van der Waals surface area contributed by atoms with Gasteiger partial charge in [-0.3, -0.25) is 4.99 Å². The zero-order valence-electron chi connectivity index (χ0n) is 14.6. The fourth-order valence-electron chi connectivity index (χ4n) is 3.00. The molecule has 0 atom stereocenters. The SMILES string of the molecule is CN=C(NCc1ccccc1-n1cccn1)N1CCSC(C)(C)C1. The quantitative estimate of drug-likeness (QED) is 0.688. The Hall–Kier alpha value is -1.95. The molecule has 0 radical (unpaired) electrons. The number of hydrogen-bond acceptors (Lipinski definition) is 3. The van der Waals surface area contributed by atoms with Gasteiger partial charge in [-0.15, -0.1) is 0 Å². The van der Waals surface area contributed by atoms with Gasteiger partial charge in [0.05, 0.1) is 5.69 Å². The monoisotopic (exact) mass is 343 g/mol. The zero-order chi connectivity index (χ0) is 17.0. The first kappa shape index (κ1) is 16.9. The summed E-state index contributed by atoms with van der Waals surface area (Å²) in [5.74, 6) is 2.11. The molecule has 2 heterocycles. The van der Waals surface area contributed by atoms with Gasteiger partial charge in [-0.05, 0) is 31.5 Å². The van der Waals surface area contributed by atoms with Gasteiger partial charge in [-0.2, -0.15) is 16.9 Å². The van der Waals surface area contributed by atoms with Crippen LogP contribution in [-0.2, 0) is 6.54 Å². The fraction of sp³-hybridized carbons (Fsp3) is 0.444. The summed E-state index contributed by atoms with van der Waals surface area (Å²) in [7, 11) is 1.86. The maximum absolute atomic E-state index is 4.48. The van der Waals surface area contributed by atoms with Crippen molar-refractivity contribution in [2.24, 2.45) is 4.99 Å². The minimum absolute atomic E-state index is 0.267. The van der Waals surface area contributed by atoms with Crippen molar-refractivity contribution in [1.29, 1.82) is 0 Å². The molecule has 5 nitrogen and oxygen atoms in total. The lowest BCUT2D eigenvalue weighted by Gasteiger charge is -2.39. The summed E-state index contributed by atoms with van der Waals surface area (Å²) in [5.41, 5.74) is 2.30. The first-order chi connectivity index (χ1) is 11.6. The molecule has 1 aromatic carbocycles. The molecule has 1 N–H and O–H groups in total. The molecule has 1 aromatic heterocycles. The summed E-state index contributed by atoms with van der Waals surface area (Å²) in [6.07, 6.45) is 3.77. The second-order valence-electron chi connectivity index (χ2n) is 6.51. The van der Waals surface area contributed by atoms with Crippen LogP contribution in [0.3, 0.4) is 0 Å². The van der Waals surface area contributed by atoms with Crippen molar-refractivity contribution in [2.45, 2.75) is 25.1 Å². The van der Waals surface area contributed by atoms with Crippen LogP contribution < -0.4 is 5.32 Å². The molecule has 1 fully saturated rings. The third-order valence-corrected chi connectivity index (χ3v) is 5.41. The summed E-state index contributed by atoms with van der Waals surface area (Å²) in [5, 5.41) is 7.87. The number of aliphatic imine (C=N–C) groups is 1. The van der Waals surface area contributed by atoms with Gasteiger partial charge in [0, 0.05) is 49.6 Å². The van der Waals surface area contributed by atoms with E-state index in [9.17, 15) is 0 Å². The lowest BCUT2D eigenvalue weighted by molar-refractivity contribution is 0.375. The number of para-hydroxylation sites is 1. The summed E-state index contributed by atoms with van der Waals surface area (Å²) in [4.78, 5) is 6.84. The smallest absolute Gasteiger partial charge is 0.193 e. The molecule has 1 aliphatic rings. The molecule has 2 aromatic rings. The number of hydrogen-bond donors (Lipinski definition) is 1. The van der Waals surface area contributed by atoms with Gasteiger partial charge in [0.2, 0.25) is 0 Å². The van der Waals surface area contributed by atoms with E-state index in [4.69, 9.17) is 0 Å². The van der Waals surface area contributed by atoms with Crippen molar-refractivity contribution in [3.05, 3.63) is 48.3 Å². The Morgan fingerprint density at radius 2 is 2.17 bits per heavy atom. The molecule has 1 saturated heterocycles. The zero-order valence-corrected chi connectivity index (χ0v) is 15.4. The van der Waals surface area contributed by atoms with E-state index < -0.39 is 0 Å². The molecular weight excluding hydrogens is 318 g/mol. The predicted molar refractivity (Wildman–Crippen MR) is 102 cm³/mol. The highest BCUT2D eigenvalue weighted by Gasteiger charge is 2.28. The summed E-state index contributed by atoms with van der Waals surface area (Å²) < 4.78 is 2.17. The van der Waals surface area contributed by atoms with Crippen LogP contribution in [0.5, 0.6) is 0 Å². The number of rotatable bonds is 3. The lowest BCUT2D eigenvalue weighted by atomic mass is 10.1. The molecule has 0 amide bonds. The molecular formula is C18H25N5S. The van der Waals surface area contributed by atoms with E-state index in [1.54, 1.807) is 6.20 Å². The van der Waals surface area contributed by atoms with Crippen LogP contribution in [-0.4, -0.2) is 51.3 Å². The van der Waals surface area contributed by atoms with Gasteiger partial charge in [0.15, 0.2) is 5.96 Å². The number of aromatic nitrogens is 2. The van der Waals surface area contributed by atoms with Crippen LogP contribution in [0.15, 0.2) is 47.7 Å². The largest absolute Gasteiger partial charge is 0.352 e. The standard InChI is InChI=1S/C18H25N5S/c1-18(2)14-22(11-12-24-18)17(19-3)20-13-15-7-4-5-8-16(15)23-10-6-9-21-23/h4-10H,11-14H2,1-3H3,(H,19,20). The van der Waals surface area contributed by atoms with Crippen LogP contribution in [0.25, 0.3) is 5.69 Å². The Morgan fingerprint density at radius 3 is 2.88 bits per heavy atom. The summed E-state index contributed by atoms with van der Waals surface area (Å²) in [6.45, 7) is 7.37. The van der Waals surface area contributed by atoms with Gasteiger partial charge in [-0.1, -0.05) is 18.2 Å². The fourth-order valence-corrected chi connectivity index (χ4v) is 4.11. The summed E-state index contributed by atoms with van der Waals surface area (Å²) >= 11 is 2.03. The van der Waals surface area contributed by atoms with Crippen LogP contribution >= 0.6 is 11.8 Å². The molecule has 1 aliphatic heterocycles. The van der Waals surface area contributed by atoms with Gasteiger partial charge in [0.1, 0.15) is 0 Å². The highest BCUT2D eigenvalue weighted by molar-refractivity contribution is 8.00. The van der Waals surface area contributed by atoms with E-state index in [1.807, 2.05) is 41.8 Å². The number of nitrogens with zero attached hydrogens (tertiary/aromatic N) is 4. The van der Waals surface area contributed by atoms with E-state index in [-0.39, 0.29) is 4.75 Å². The number of benzene rings is 1. The first-order valence-electron chi connectivity index (χ1n) is 8.26. The molecule has 0 unspecified atom stereocenters. The van der Waals surface area contributed by atoms with Gasteiger partial charge < -0.3 is 10.2 Å². The minimum Gasteiger partial charge on any atom is -0.352 e. The van der Waals surface area contributed by atoms with Crippen LogP contribution in [0, 0.1) is 0 Å². The molecule has 6 heteroatoms. The van der Waals surface area contributed by atoms with E-state index >= 15 is 0 Å². The first-order valence-corrected chi connectivity index (χ1v) is 9.25. The van der Waals surface area contributed by atoms with Crippen LogP contribution in [0.4, 0.5) is 0 Å². The number of guanidine groups is 1. The van der Waals surface area contributed by atoms with Crippen molar-refractivity contribution in [2.75, 3.05) is 25.9 Å². The number of thioether (sulfide) groups is 1. The summed E-state index contributed by atoms with van der Waals surface area (Å²) in [6, 6.07) is 10.3. The van der Waals surface area contributed by atoms with E-state index in [0.717, 1.165) is 37.0 Å². The maximum atomic E-state index is 4.48. The Bertz CT molecular complexity index is 693. The van der Waals surface area contributed by atoms with Gasteiger partial charge in [0.25, 0.3) is 0 Å². The Labute approximate surface area is 148 Å². The maximum Gasteiger partial charge on any atom is 0.193 e. The molecule has 0 saturated carbocycles. The molecule has 0 bridgehead atoms. The van der Waals surface area contributed by atoms with Gasteiger partial charge in [-0.25, -0.2) is 4.68 Å². The predicted octanol–water partition coefficient (Wildman–Crippen LogP) is 2.78. The minimum atomic E-state index is 0.267. The molecule has 128 valence electrons. The Balaban J connectivity index is 1.71. The van der Waals surface area contributed by atoms with E-state index in [1.165, 1.54) is 5.56 Å². The average Bonchev–Trinajstić information content (AvgIpc) is 3.09. The van der Waals surface area contributed by atoms with E-state index in [2.05, 4.69) is 52.4 Å². The highest BCUT2D eigenvalue weighted by atomic mass is 32.2. The van der Waals surface area contributed by atoms with Crippen molar-refractivity contribution in [1.82, 2.24) is 20.0 Å². The number of nitrogens with one attached hydrogen (secondary N) is 1. The third-order valence-electron chi connectivity index (χ3n) is 4.12. The molecule has 3 rings (SSSR count). The van der Waals surface area contributed by atoms with Crippen molar-refractivity contribution in [3.8, 4) is 5.69 Å². The second-order valence-corrected chi connectivity index (χ2v) is 8.31. The Kier molecular flexibility index (Phi) is 5.14. The molecule has 0 aliphatic carbocycles. The van der Waals surface area contributed by atoms with Crippen LogP contribution in [0.1, 0.15) is 19.4 Å². The van der Waals surface area contributed by atoms with Crippen molar-refractivity contribution in [3.63, 3.8) is 0 Å². The van der Waals surface area contributed by atoms with E-state index in [0.29, 0.717) is 0 Å². The second kappa shape index (κ2) is 7.30. The van der Waals surface area contributed by atoms with Crippen LogP contribution in [0.2, 0.25) is 0 Å². The highest BCUT2D eigenvalue weighted by Crippen LogP contribution is 2.29. The normalized spacial score (nSPS) is 17.8. The molecule has 24 heavy (non-hydrogen) atoms. The third kappa shape index (κ3) is 3.93. The molecule has 0 spiro atoms. The Morgan fingerprint density at radius 1 is 1.33 bits per heavy atom.